The van der Waals surface area contributed by atoms with E-state index in [4.69, 9.17) is 4.74 Å². The minimum Gasteiger partial charge on any atom is -0.490 e. The number of piperidine rings is 3. The van der Waals surface area contributed by atoms with Crippen molar-refractivity contribution in [1.29, 1.82) is 0 Å². The fourth-order valence-corrected chi connectivity index (χ4v) is 8.44. The first kappa shape index (κ1) is 50.8. The number of rotatable bonds is 6. The second-order valence-electron chi connectivity index (χ2n) is 18.0. The van der Waals surface area contributed by atoms with Crippen LogP contribution in [-0.4, -0.2) is 129 Å². The molecule has 5 heterocycles. The lowest BCUT2D eigenvalue weighted by atomic mass is 9.86. The number of likely N-dealkylation sites (N-methyl/N-ethyl adjacent to an activating group) is 1. The molecule has 352 valence electrons. The van der Waals surface area contributed by atoms with E-state index in [0.717, 1.165) is 114 Å². The van der Waals surface area contributed by atoms with Crippen molar-refractivity contribution in [2.24, 2.45) is 5.92 Å². The quantitative estimate of drug-likeness (QED) is 0.178. The highest BCUT2D eigenvalue weighted by atomic mass is 19.4. The van der Waals surface area contributed by atoms with Crippen LogP contribution >= 0.6 is 0 Å². The number of ether oxygens (including phenoxy) is 1. The Hall–Kier alpha value is -4.24. The summed E-state index contributed by atoms with van der Waals surface area (Å²) in [6, 6.07) is 19.1. The molecule has 64 heavy (non-hydrogen) atoms. The molecule has 3 aromatic carbocycles. The van der Waals surface area contributed by atoms with Crippen molar-refractivity contribution in [2.75, 3.05) is 98.5 Å². The Morgan fingerprint density at radius 1 is 0.547 bits per heavy atom. The number of anilines is 1. The summed E-state index contributed by atoms with van der Waals surface area (Å²) in [4.78, 5) is 19.9. The summed E-state index contributed by atoms with van der Waals surface area (Å²) in [6.45, 7) is 15.3. The van der Waals surface area contributed by atoms with Gasteiger partial charge in [-0.3, -0.25) is 0 Å². The number of hydrogen-bond donors (Lipinski definition) is 0. The maximum atomic E-state index is 12.4. The van der Waals surface area contributed by atoms with Crippen LogP contribution in [-0.2, 0) is 18.8 Å². The third kappa shape index (κ3) is 16.6. The topological polar surface area (TPSA) is 51.2 Å². The van der Waals surface area contributed by atoms with Crippen LogP contribution in [0.2, 0.25) is 0 Å². The molecule has 0 atom stereocenters. The summed E-state index contributed by atoms with van der Waals surface area (Å²) >= 11 is 0. The van der Waals surface area contributed by atoms with Gasteiger partial charge in [-0.15, -0.1) is 0 Å². The van der Waals surface area contributed by atoms with E-state index in [1.807, 2.05) is 13.1 Å². The van der Waals surface area contributed by atoms with Crippen molar-refractivity contribution in [3.05, 3.63) is 119 Å². The Kier molecular flexibility index (Phi) is 19.3. The Balaban J connectivity index is 0.000000162. The van der Waals surface area contributed by atoms with Crippen LogP contribution < -0.4 is 9.64 Å². The lowest BCUT2D eigenvalue weighted by Crippen LogP contribution is -2.45. The molecule has 0 radical (unpaired) electrons. The summed E-state index contributed by atoms with van der Waals surface area (Å²) in [5.74, 6) is 2.77. The van der Waals surface area contributed by atoms with Gasteiger partial charge in [-0.05, 0) is 190 Å². The van der Waals surface area contributed by atoms with Gasteiger partial charge in [0.25, 0.3) is 0 Å². The summed E-state index contributed by atoms with van der Waals surface area (Å²) in [7, 11) is 8.52. The number of likely N-dealkylation sites (tertiary alicyclic amines) is 3. The average Bonchev–Trinajstić information content (AvgIpc) is 3.28. The third-order valence-electron chi connectivity index (χ3n) is 12.9. The zero-order valence-corrected chi connectivity index (χ0v) is 38.6. The zero-order chi connectivity index (χ0) is 46.3. The molecule has 0 aliphatic carbocycles. The first-order chi connectivity index (χ1) is 30.4. The van der Waals surface area contributed by atoms with Crippen molar-refractivity contribution in [3.8, 4) is 5.75 Å². The van der Waals surface area contributed by atoms with E-state index < -0.39 is 23.5 Å². The second kappa shape index (κ2) is 24.3. The Labute approximate surface area is 377 Å². The highest BCUT2D eigenvalue weighted by molar-refractivity contribution is 5.36. The third-order valence-corrected chi connectivity index (χ3v) is 12.9. The minimum absolute atomic E-state index is 0.109. The standard InChI is InChI=1S/C14H18F3N.C14H21N.C13H16F3NO.C9H14N4/c1-18-8-6-12(7-9-18)10-11-2-4-13(5-3-11)14(15,16)17;1-11-5-4-6-14(12(11)2)13-7-9-15(3)10-8-13;1-17-8-6-12(7-9-17)18-11-4-2-10(3-5-11)13(14,15)16;1-12-5-7-13(8-6-12)9-10-3-2-4-11-9/h2-5,12H,6-10H2,1H3;4-6,13H,7-10H2,1-3H3;2-5,12H,6-9H2,1H3;2-4H,5-8H2,1H3. The summed E-state index contributed by atoms with van der Waals surface area (Å²) < 4.78 is 80.0. The predicted molar refractivity (Wildman–Crippen MR) is 245 cm³/mol. The van der Waals surface area contributed by atoms with Gasteiger partial charge in [-0.1, -0.05) is 30.3 Å². The molecule has 1 aromatic heterocycles. The number of piperazine rings is 1. The number of nitrogens with zero attached hydrogens (tertiary/aromatic N) is 7. The van der Waals surface area contributed by atoms with Crippen molar-refractivity contribution in [3.63, 3.8) is 0 Å². The number of aromatic nitrogens is 2. The molecule has 4 aliphatic rings. The monoisotopic (exact) mass is 898 g/mol. The maximum absolute atomic E-state index is 12.4. The molecule has 4 aliphatic heterocycles. The average molecular weight is 898 g/mol. The van der Waals surface area contributed by atoms with E-state index in [1.54, 1.807) is 30.1 Å². The van der Waals surface area contributed by atoms with E-state index in [1.165, 1.54) is 61.3 Å². The number of benzene rings is 3. The van der Waals surface area contributed by atoms with Crippen LogP contribution in [0.15, 0.2) is 85.2 Å². The molecular weight excluding hydrogens is 829 g/mol. The Morgan fingerprint density at radius 3 is 1.53 bits per heavy atom. The molecule has 14 heteroatoms. The lowest BCUT2D eigenvalue weighted by molar-refractivity contribution is -0.138. The summed E-state index contributed by atoms with van der Waals surface area (Å²) in [6.07, 6.45) is 2.81. The molecule has 4 saturated heterocycles. The van der Waals surface area contributed by atoms with E-state index in [0.29, 0.717) is 11.7 Å². The molecule has 4 aromatic rings. The number of hydrogen-bond acceptors (Lipinski definition) is 8. The molecule has 0 saturated carbocycles. The van der Waals surface area contributed by atoms with Crippen molar-refractivity contribution >= 4 is 5.95 Å². The van der Waals surface area contributed by atoms with Crippen molar-refractivity contribution in [2.45, 2.75) is 83.2 Å². The molecule has 4 fully saturated rings. The maximum Gasteiger partial charge on any atom is 0.416 e. The molecule has 0 N–H and O–H groups in total. The molecule has 0 bridgehead atoms. The van der Waals surface area contributed by atoms with Gasteiger partial charge in [-0.2, -0.15) is 26.3 Å². The number of alkyl halides is 6. The fourth-order valence-electron chi connectivity index (χ4n) is 8.44. The van der Waals surface area contributed by atoms with Gasteiger partial charge >= 0.3 is 12.4 Å². The minimum atomic E-state index is -4.29. The van der Waals surface area contributed by atoms with Gasteiger partial charge in [0.2, 0.25) is 5.95 Å². The summed E-state index contributed by atoms with van der Waals surface area (Å²) in [5.41, 5.74) is 4.34. The number of halogens is 6. The lowest BCUT2D eigenvalue weighted by Gasteiger charge is -2.32. The van der Waals surface area contributed by atoms with Crippen LogP contribution in [0.25, 0.3) is 0 Å². The molecule has 0 spiro atoms. The molecular formula is C50H69F6N7O. The number of aryl methyl sites for hydroxylation is 1. The van der Waals surface area contributed by atoms with Gasteiger partial charge in [0.1, 0.15) is 11.9 Å². The summed E-state index contributed by atoms with van der Waals surface area (Å²) in [5, 5.41) is 0. The first-order valence-corrected chi connectivity index (χ1v) is 22.8. The van der Waals surface area contributed by atoms with Crippen LogP contribution in [0.5, 0.6) is 5.75 Å². The Bertz CT molecular complexity index is 1840. The van der Waals surface area contributed by atoms with Crippen LogP contribution in [0.4, 0.5) is 32.3 Å². The van der Waals surface area contributed by atoms with E-state index >= 15 is 0 Å². The SMILES string of the molecule is CN1CCC(Cc2ccc(C(F)(F)F)cc2)CC1.CN1CCC(Oc2ccc(C(F)(F)F)cc2)CC1.CN1CCN(c2ncccn2)CC1.Cc1cccc(C2CCN(C)CC2)c1C. The van der Waals surface area contributed by atoms with Crippen molar-refractivity contribution in [1.82, 2.24) is 29.6 Å². The van der Waals surface area contributed by atoms with Gasteiger partial charge in [0, 0.05) is 51.7 Å². The molecule has 0 amide bonds. The van der Waals surface area contributed by atoms with Crippen molar-refractivity contribution < 1.29 is 31.1 Å². The molecule has 8 rings (SSSR count). The van der Waals surface area contributed by atoms with Gasteiger partial charge in [0.05, 0.1) is 11.1 Å². The van der Waals surface area contributed by atoms with E-state index in [-0.39, 0.29) is 6.10 Å². The van der Waals surface area contributed by atoms with Gasteiger partial charge < -0.3 is 29.2 Å². The van der Waals surface area contributed by atoms with E-state index in [2.05, 4.69) is 87.7 Å². The highest BCUT2D eigenvalue weighted by Crippen LogP contribution is 2.33. The molecule has 8 nitrogen and oxygen atoms in total. The van der Waals surface area contributed by atoms with Gasteiger partial charge in [0.15, 0.2) is 0 Å². The van der Waals surface area contributed by atoms with Gasteiger partial charge in [-0.25, -0.2) is 9.97 Å². The van der Waals surface area contributed by atoms with Crippen LogP contribution in [0, 0.1) is 19.8 Å². The largest absolute Gasteiger partial charge is 0.490 e. The first-order valence-electron chi connectivity index (χ1n) is 22.8. The zero-order valence-electron chi connectivity index (χ0n) is 38.6. The smallest absolute Gasteiger partial charge is 0.416 e. The molecule has 0 unspecified atom stereocenters. The highest BCUT2D eigenvalue weighted by Gasteiger charge is 2.31. The normalized spacial score (nSPS) is 19.1. The fraction of sp³-hybridized carbons (Fsp3) is 0.560. The van der Waals surface area contributed by atoms with Crippen LogP contribution in [0.1, 0.15) is 77.8 Å². The van der Waals surface area contributed by atoms with Crippen LogP contribution in [0.3, 0.4) is 0 Å². The van der Waals surface area contributed by atoms with E-state index in [9.17, 15) is 26.3 Å². The Morgan fingerprint density at radius 2 is 1.02 bits per heavy atom. The second-order valence-corrected chi connectivity index (χ2v) is 18.0. The predicted octanol–water partition coefficient (Wildman–Crippen LogP) is 10.1.